The van der Waals surface area contributed by atoms with Crippen LogP contribution < -0.4 is 15.4 Å². The summed E-state index contributed by atoms with van der Waals surface area (Å²) in [6.07, 6.45) is 0. The van der Waals surface area contributed by atoms with E-state index < -0.39 is 11.9 Å². The van der Waals surface area contributed by atoms with E-state index in [0.717, 1.165) is 22.0 Å². The third-order valence-electron chi connectivity index (χ3n) is 4.44. The van der Waals surface area contributed by atoms with Crippen molar-refractivity contribution in [2.24, 2.45) is 0 Å². The lowest BCUT2D eigenvalue weighted by atomic mass is 10.1. The molecule has 168 valence electrons. The van der Waals surface area contributed by atoms with Crippen LogP contribution in [0.2, 0.25) is 0 Å². The van der Waals surface area contributed by atoms with Crippen molar-refractivity contribution < 1.29 is 23.9 Å². The lowest BCUT2D eigenvalue weighted by Gasteiger charge is -2.09. The van der Waals surface area contributed by atoms with Crippen molar-refractivity contribution in [3.63, 3.8) is 0 Å². The van der Waals surface area contributed by atoms with Crippen LogP contribution in [0, 0.1) is 13.8 Å². The Labute approximate surface area is 193 Å². The van der Waals surface area contributed by atoms with Gasteiger partial charge >= 0.3 is 5.97 Å². The summed E-state index contributed by atoms with van der Waals surface area (Å²) in [5.74, 6) is -0.855. The first-order valence-corrected chi connectivity index (χ1v) is 11.5. The summed E-state index contributed by atoms with van der Waals surface area (Å²) >= 11 is 2.57. The number of aromatic nitrogens is 1. The Hall–Kier alpha value is -3.24. The van der Waals surface area contributed by atoms with Gasteiger partial charge in [0, 0.05) is 18.0 Å². The number of aryl methyl sites for hydroxylation is 1. The van der Waals surface area contributed by atoms with Crippen LogP contribution in [0.15, 0.2) is 29.6 Å². The van der Waals surface area contributed by atoms with Gasteiger partial charge in [0.15, 0.2) is 0 Å². The zero-order valence-corrected chi connectivity index (χ0v) is 19.7. The van der Waals surface area contributed by atoms with E-state index in [0.29, 0.717) is 28.4 Å². The normalized spacial score (nSPS) is 10.5. The molecular weight excluding hydrogens is 450 g/mol. The van der Waals surface area contributed by atoms with Crippen molar-refractivity contribution in [2.45, 2.75) is 27.4 Å². The Bertz CT molecular complexity index is 1150. The van der Waals surface area contributed by atoms with Crippen LogP contribution in [-0.2, 0) is 11.3 Å². The molecule has 0 atom stereocenters. The first kappa shape index (κ1) is 23.4. The summed E-state index contributed by atoms with van der Waals surface area (Å²) in [7, 11) is 1.50. The van der Waals surface area contributed by atoms with E-state index in [1.165, 1.54) is 7.05 Å². The monoisotopic (exact) mass is 473 g/mol. The Morgan fingerprint density at radius 1 is 1.16 bits per heavy atom. The molecule has 32 heavy (non-hydrogen) atoms. The average Bonchev–Trinajstić information content (AvgIpc) is 3.34. The second kappa shape index (κ2) is 10.4. The molecule has 1 aromatic carbocycles. The molecule has 2 aromatic heterocycles. The van der Waals surface area contributed by atoms with E-state index in [9.17, 15) is 14.4 Å². The predicted octanol–water partition coefficient (Wildman–Crippen LogP) is 4.19. The molecule has 0 fully saturated rings. The Kier molecular flexibility index (Phi) is 7.60. The van der Waals surface area contributed by atoms with Gasteiger partial charge < -0.3 is 20.1 Å². The highest BCUT2D eigenvalue weighted by atomic mass is 32.1. The number of rotatable bonds is 8. The first-order chi connectivity index (χ1) is 15.3. The Balaban J connectivity index is 1.81. The number of esters is 1. The van der Waals surface area contributed by atoms with Gasteiger partial charge in [-0.3, -0.25) is 9.59 Å². The minimum atomic E-state index is -0.595. The molecule has 0 saturated heterocycles. The lowest BCUT2D eigenvalue weighted by molar-refractivity contribution is 0.0527. The van der Waals surface area contributed by atoms with Crippen LogP contribution in [0.4, 0.5) is 5.00 Å². The van der Waals surface area contributed by atoms with Gasteiger partial charge in [-0.05, 0) is 44.5 Å². The Morgan fingerprint density at radius 2 is 1.94 bits per heavy atom. The molecule has 2 amide bonds. The van der Waals surface area contributed by atoms with Crippen molar-refractivity contribution >= 4 is 45.5 Å². The second-order valence-electron chi connectivity index (χ2n) is 6.69. The largest absolute Gasteiger partial charge is 0.487 e. The number of hydrogen-bond acceptors (Lipinski definition) is 8. The molecule has 3 rings (SSSR count). The predicted molar refractivity (Wildman–Crippen MR) is 124 cm³/mol. The van der Waals surface area contributed by atoms with Gasteiger partial charge in [-0.15, -0.1) is 22.7 Å². The van der Waals surface area contributed by atoms with Crippen molar-refractivity contribution in [3.8, 4) is 5.75 Å². The number of anilines is 1. The van der Waals surface area contributed by atoms with Crippen LogP contribution in [0.1, 0.15) is 53.6 Å². The molecule has 0 aliphatic heterocycles. The number of thiazole rings is 1. The highest BCUT2D eigenvalue weighted by molar-refractivity contribution is 7.18. The smallest absolute Gasteiger partial charge is 0.341 e. The topological polar surface area (TPSA) is 107 Å². The molecule has 0 radical (unpaired) electrons. The summed E-state index contributed by atoms with van der Waals surface area (Å²) in [6, 6.07) is 6.70. The zero-order valence-electron chi connectivity index (χ0n) is 18.1. The average molecular weight is 474 g/mol. The molecule has 3 aromatic rings. The third-order valence-corrected chi connectivity index (χ3v) is 6.46. The number of nitrogens with one attached hydrogen (secondary N) is 2. The van der Waals surface area contributed by atoms with Crippen LogP contribution in [0.5, 0.6) is 5.75 Å². The molecule has 0 spiro atoms. The van der Waals surface area contributed by atoms with Gasteiger partial charge in [0.25, 0.3) is 11.8 Å². The van der Waals surface area contributed by atoms with Gasteiger partial charge in [-0.1, -0.05) is 6.07 Å². The van der Waals surface area contributed by atoms with Gasteiger partial charge in [0.2, 0.25) is 0 Å². The number of carbonyl (C=O) groups excluding carboxylic acids is 3. The van der Waals surface area contributed by atoms with E-state index in [1.807, 2.05) is 12.3 Å². The Morgan fingerprint density at radius 3 is 2.59 bits per heavy atom. The highest BCUT2D eigenvalue weighted by Crippen LogP contribution is 2.34. The first-order valence-electron chi connectivity index (χ1n) is 9.81. The molecule has 8 nitrogen and oxygen atoms in total. The van der Waals surface area contributed by atoms with Crippen LogP contribution >= 0.6 is 22.7 Å². The van der Waals surface area contributed by atoms with Gasteiger partial charge in [-0.25, -0.2) is 9.78 Å². The lowest BCUT2D eigenvalue weighted by Crippen LogP contribution is -2.18. The van der Waals surface area contributed by atoms with Crippen LogP contribution in [0.3, 0.4) is 0 Å². The molecule has 0 saturated carbocycles. The fraction of sp³-hybridized carbons (Fsp3) is 0.273. The summed E-state index contributed by atoms with van der Waals surface area (Å²) in [4.78, 5) is 42.3. The maximum absolute atomic E-state index is 12.9. The van der Waals surface area contributed by atoms with Gasteiger partial charge in [-0.2, -0.15) is 0 Å². The van der Waals surface area contributed by atoms with Gasteiger partial charge in [0.1, 0.15) is 17.4 Å². The van der Waals surface area contributed by atoms with Crippen LogP contribution in [-0.4, -0.2) is 36.4 Å². The van der Waals surface area contributed by atoms with E-state index in [4.69, 9.17) is 9.47 Å². The van der Waals surface area contributed by atoms with E-state index in [2.05, 4.69) is 15.6 Å². The third kappa shape index (κ3) is 5.32. The standard InChI is InChI=1S/C22H23N3O5S2/c1-5-29-22(28)17-12(2)18(20(27)23-4)32-21(17)25-19(26)14-7-6-8-16(9-14)30-10-15-11-31-13(3)24-15/h6-9,11H,5,10H2,1-4H3,(H,23,27)(H,25,26). The van der Waals surface area contributed by atoms with E-state index >= 15 is 0 Å². The number of benzene rings is 1. The molecule has 0 aliphatic carbocycles. The van der Waals surface area contributed by atoms with Crippen molar-refractivity contribution in [1.82, 2.24) is 10.3 Å². The van der Waals surface area contributed by atoms with Crippen molar-refractivity contribution in [3.05, 3.63) is 61.9 Å². The van der Waals surface area contributed by atoms with Crippen molar-refractivity contribution in [2.75, 3.05) is 19.0 Å². The summed E-state index contributed by atoms with van der Waals surface area (Å²) in [5, 5.41) is 8.42. The van der Waals surface area contributed by atoms with Crippen LogP contribution in [0.25, 0.3) is 0 Å². The molecule has 0 bridgehead atoms. The summed E-state index contributed by atoms with van der Waals surface area (Å²) in [5.41, 5.74) is 1.80. The summed E-state index contributed by atoms with van der Waals surface area (Å²) in [6.45, 7) is 5.73. The molecule has 0 aliphatic rings. The minimum Gasteiger partial charge on any atom is -0.487 e. The number of amides is 2. The number of nitrogens with zero attached hydrogens (tertiary/aromatic N) is 1. The quantitative estimate of drug-likeness (QED) is 0.475. The fourth-order valence-electron chi connectivity index (χ4n) is 2.91. The van der Waals surface area contributed by atoms with E-state index in [1.54, 1.807) is 49.4 Å². The zero-order chi connectivity index (χ0) is 23.3. The molecule has 2 heterocycles. The highest BCUT2D eigenvalue weighted by Gasteiger charge is 2.26. The molecule has 0 unspecified atom stereocenters. The number of carbonyl (C=O) groups is 3. The van der Waals surface area contributed by atoms with E-state index in [-0.39, 0.29) is 23.1 Å². The molecular formula is C22H23N3O5S2. The maximum atomic E-state index is 12.9. The number of ether oxygens (including phenoxy) is 2. The second-order valence-corrected chi connectivity index (χ2v) is 8.77. The van der Waals surface area contributed by atoms with Crippen molar-refractivity contribution in [1.29, 1.82) is 0 Å². The SMILES string of the molecule is CCOC(=O)c1c(NC(=O)c2cccc(OCc3csc(C)n3)c2)sc(C(=O)NC)c1C. The maximum Gasteiger partial charge on any atom is 0.341 e. The molecule has 10 heteroatoms. The fourth-order valence-corrected chi connectivity index (χ4v) is 4.65. The molecule has 2 N–H and O–H groups in total. The number of thiophene rings is 1. The number of hydrogen-bond donors (Lipinski definition) is 2. The van der Waals surface area contributed by atoms with Gasteiger partial charge in [0.05, 0.1) is 27.7 Å². The summed E-state index contributed by atoms with van der Waals surface area (Å²) < 4.78 is 10.9. The minimum absolute atomic E-state index is 0.175.